The summed E-state index contributed by atoms with van der Waals surface area (Å²) in [6, 6.07) is 15.6. The molecular formula is C31H32BrF3N6O2. The molecule has 12 heteroatoms. The second kappa shape index (κ2) is 13.1. The van der Waals surface area contributed by atoms with E-state index in [1.165, 1.54) is 18.3 Å². The Labute approximate surface area is 257 Å². The lowest BCUT2D eigenvalue weighted by molar-refractivity contribution is -0.137. The molecule has 3 aromatic rings. The molecule has 0 aliphatic carbocycles. The molecule has 5 rings (SSSR count). The fourth-order valence-electron chi connectivity index (χ4n) is 5.49. The first-order chi connectivity index (χ1) is 20.6. The number of nitrogens with one attached hydrogen (secondary N) is 1. The maximum absolute atomic E-state index is 12.9. The number of amides is 2. The number of carbonyl (C=O) groups is 2. The van der Waals surface area contributed by atoms with Gasteiger partial charge in [-0.05, 0) is 76.8 Å². The van der Waals surface area contributed by atoms with Gasteiger partial charge in [-0.3, -0.25) is 14.5 Å². The molecule has 1 aromatic heterocycles. The summed E-state index contributed by atoms with van der Waals surface area (Å²) in [6.07, 6.45) is -1.09. The first kappa shape index (κ1) is 30.5. The lowest BCUT2D eigenvalue weighted by atomic mass is 10.0. The third-order valence-corrected chi connectivity index (χ3v) is 8.54. The van der Waals surface area contributed by atoms with Crippen LogP contribution in [0.2, 0.25) is 0 Å². The van der Waals surface area contributed by atoms with Crippen molar-refractivity contribution in [2.45, 2.75) is 31.6 Å². The highest BCUT2D eigenvalue weighted by Gasteiger charge is 2.31. The van der Waals surface area contributed by atoms with Gasteiger partial charge in [0, 0.05) is 65.0 Å². The first-order valence-corrected chi connectivity index (χ1v) is 14.8. The van der Waals surface area contributed by atoms with Crippen LogP contribution in [-0.4, -0.2) is 71.9 Å². The number of nitriles is 1. The number of hydrogen-bond donors (Lipinski definition) is 1. The standard InChI is InChI=1S/C31H30BrF3N6O2.H2/c32-27-17-24(29(42)38-19-22-3-7-25(8-4-22)31(33,34)35)20-37-28(27)40-15-13-39(14-16-40)26-9-11-41(12-10-26)30(43)23-5-1-21(18-36)2-6-23;/h1-8,17,20,26H,9-16,19H2,(H,38,42);1H. The van der Waals surface area contributed by atoms with Crippen molar-refractivity contribution in [1.82, 2.24) is 20.1 Å². The molecule has 2 fully saturated rings. The predicted octanol–water partition coefficient (Wildman–Crippen LogP) is 5.34. The lowest BCUT2D eigenvalue weighted by Crippen LogP contribution is -2.54. The number of aromatic nitrogens is 1. The molecule has 226 valence electrons. The van der Waals surface area contributed by atoms with Gasteiger partial charge in [0.05, 0.1) is 27.2 Å². The zero-order valence-corrected chi connectivity index (χ0v) is 24.9. The number of nitrogens with zero attached hydrogens (tertiary/aromatic N) is 5. The van der Waals surface area contributed by atoms with Gasteiger partial charge in [-0.25, -0.2) is 4.98 Å². The van der Waals surface area contributed by atoms with Gasteiger partial charge in [0.2, 0.25) is 0 Å². The number of rotatable bonds is 6. The van der Waals surface area contributed by atoms with Crippen molar-refractivity contribution in [3.8, 4) is 6.07 Å². The van der Waals surface area contributed by atoms with E-state index < -0.39 is 11.7 Å². The molecule has 43 heavy (non-hydrogen) atoms. The molecule has 2 saturated heterocycles. The number of alkyl halides is 3. The highest BCUT2D eigenvalue weighted by atomic mass is 79.9. The molecule has 0 bridgehead atoms. The summed E-state index contributed by atoms with van der Waals surface area (Å²) in [5.41, 5.74) is 1.32. The number of carbonyl (C=O) groups excluding carboxylic acids is 2. The largest absolute Gasteiger partial charge is 0.416 e. The van der Waals surface area contributed by atoms with E-state index in [1.807, 2.05) is 4.90 Å². The number of halogens is 4. The van der Waals surface area contributed by atoms with Crippen LogP contribution in [-0.2, 0) is 12.7 Å². The zero-order valence-electron chi connectivity index (χ0n) is 23.3. The topological polar surface area (TPSA) is 92.6 Å². The summed E-state index contributed by atoms with van der Waals surface area (Å²) in [7, 11) is 0. The minimum Gasteiger partial charge on any atom is -0.353 e. The van der Waals surface area contributed by atoms with Crippen molar-refractivity contribution in [1.29, 1.82) is 5.26 Å². The van der Waals surface area contributed by atoms with Crippen molar-refractivity contribution in [3.63, 3.8) is 0 Å². The molecule has 0 atom stereocenters. The average Bonchev–Trinajstić information content (AvgIpc) is 3.03. The Morgan fingerprint density at radius 3 is 2.21 bits per heavy atom. The van der Waals surface area contributed by atoms with E-state index in [-0.39, 0.29) is 19.8 Å². The molecule has 2 aromatic carbocycles. The first-order valence-electron chi connectivity index (χ1n) is 14.0. The SMILES string of the molecule is N#Cc1ccc(C(=O)N2CCC(N3CCN(c4ncc(C(=O)NCc5ccc(C(F)(F)F)cc5)cc4Br)CC3)CC2)cc1.[HH]. The Morgan fingerprint density at radius 2 is 1.63 bits per heavy atom. The summed E-state index contributed by atoms with van der Waals surface area (Å²) in [5.74, 6) is 0.385. The third kappa shape index (κ3) is 7.35. The number of hydrogen-bond acceptors (Lipinski definition) is 6. The van der Waals surface area contributed by atoms with Crippen LogP contribution in [0.3, 0.4) is 0 Å². The molecule has 3 heterocycles. The van der Waals surface area contributed by atoms with Crippen molar-refractivity contribution < 1.29 is 24.2 Å². The molecule has 2 aliphatic heterocycles. The van der Waals surface area contributed by atoms with E-state index in [0.29, 0.717) is 45.9 Å². The van der Waals surface area contributed by atoms with E-state index in [0.717, 1.165) is 57.0 Å². The summed E-state index contributed by atoms with van der Waals surface area (Å²) >= 11 is 3.55. The average molecular weight is 658 g/mol. The Morgan fingerprint density at radius 1 is 0.977 bits per heavy atom. The van der Waals surface area contributed by atoms with Gasteiger partial charge in [-0.15, -0.1) is 0 Å². The quantitative estimate of drug-likeness (QED) is 0.385. The van der Waals surface area contributed by atoms with Crippen LogP contribution in [0.15, 0.2) is 65.3 Å². The van der Waals surface area contributed by atoms with Crippen molar-refractivity contribution in [2.24, 2.45) is 0 Å². The molecule has 0 saturated carbocycles. The second-order valence-electron chi connectivity index (χ2n) is 10.6. The van der Waals surface area contributed by atoms with Crippen LogP contribution in [0.4, 0.5) is 19.0 Å². The summed E-state index contributed by atoms with van der Waals surface area (Å²) in [6.45, 7) is 4.75. The van der Waals surface area contributed by atoms with Crippen LogP contribution < -0.4 is 10.2 Å². The monoisotopic (exact) mass is 656 g/mol. The number of likely N-dealkylation sites (tertiary alicyclic amines) is 1. The Balaban J connectivity index is 0.00000442. The van der Waals surface area contributed by atoms with Gasteiger partial charge in [0.15, 0.2) is 0 Å². The Bertz CT molecular complexity index is 1500. The fourth-order valence-corrected chi connectivity index (χ4v) is 6.09. The number of benzene rings is 2. The molecule has 2 aliphatic rings. The van der Waals surface area contributed by atoms with Crippen LogP contribution in [0, 0.1) is 11.3 Å². The number of piperidine rings is 1. The van der Waals surface area contributed by atoms with Gasteiger partial charge in [-0.1, -0.05) is 12.1 Å². The van der Waals surface area contributed by atoms with Gasteiger partial charge in [0.25, 0.3) is 11.8 Å². The molecule has 1 N–H and O–H groups in total. The number of pyridine rings is 1. The summed E-state index contributed by atoms with van der Waals surface area (Å²) < 4.78 is 39.0. The fraction of sp³-hybridized carbons (Fsp3) is 0.355. The van der Waals surface area contributed by atoms with Crippen molar-refractivity contribution >= 4 is 33.6 Å². The molecule has 0 radical (unpaired) electrons. The normalized spacial score (nSPS) is 16.5. The molecule has 0 spiro atoms. The van der Waals surface area contributed by atoms with Gasteiger partial charge < -0.3 is 15.1 Å². The maximum atomic E-state index is 12.9. The summed E-state index contributed by atoms with van der Waals surface area (Å²) in [5, 5.41) is 11.7. The van der Waals surface area contributed by atoms with E-state index in [4.69, 9.17) is 5.26 Å². The summed E-state index contributed by atoms with van der Waals surface area (Å²) in [4.78, 5) is 36.6. The predicted molar refractivity (Wildman–Crippen MR) is 161 cm³/mol. The smallest absolute Gasteiger partial charge is 0.353 e. The maximum Gasteiger partial charge on any atom is 0.416 e. The molecular weight excluding hydrogens is 625 g/mol. The van der Waals surface area contributed by atoms with Crippen LogP contribution in [0.25, 0.3) is 0 Å². The minimum atomic E-state index is -4.40. The Kier molecular flexibility index (Phi) is 9.32. The number of anilines is 1. The van der Waals surface area contributed by atoms with Gasteiger partial charge in [0.1, 0.15) is 5.82 Å². The zero-order chi connectivity index (χ0) is 30.6. The number of piperazine rings is 1. The highest BCUT2D eigenvalue weighted by molar-refractivity contribution is 9.10. The Hall–Kier alpha value is -3.95. The van der Waals surface area contributed by atoms with Gasteiger partial charge >= 0.3 is 6.18 Å². The van der Waals surface area contributed by atoms with Crippen LogP contribution >= 0.6 is 15.9 Å². The van der Waals surface area contributed by atoms with Gasteiger partial charge in [-0.2, -0.15) is 18.4 Å². The third-order valence-electron chi connectivity index (χ3n) is 7.96. The van der Waals surface area contributed by atoms with E-state index in [2.05, 4.69) is 42.1 Å². The van der Waals surface area contributed by atoms with Crippen molar-refractivity contribution in [3.05, 3.63) is 93.1 Å². The molecule has 2 amide bonds. The highest BCUT2D eigenvalue weighted by Crippen LogP contribution is 2.30. The molecule has 0 unspecified atom stereocenters. The van der Waals surface area contributed by atoms with Crippen molar-refractivity contribution in [2.75, 3.05) is 44.2 Å². The van der Waals surface area contributed by atoms with Crippen LogP contribution in [0.1, 0.15) is 51.7 Å². The lowest BCUT2D eigenvalue weighted by Gasteiger charge is -2.43. The molecule has 8 nitrogen and oxygen atoms in total. The van der Waals surface area contributed by atoms with Crippen LogP contribution in [0.5, 0.6) is 0 Å². The minimum absolute atomic E-state index is 0. The second-order valence-corrected chi connectivity index (χ2v) is 11.5. The van der Waals surface area contributed by atoms with E-state index >= 15 is 0 Å². The van der Waals surface area contributed by atoms with E-state index in [9.17, 15) is 22.8 Å². The van der Waals surface area contributed by atoms with E-state index in [1.54, 1.807) is 30.3 Å².